The van der Waals surface area contributed by atoms with Gasteiger partial charge in [-0.1, -0.05) is 13.3 Å². The Balaban J connectivity index is 2.63. The molecule has 0 aliphatic rings. The fraction of sp³-hybridized carbons (Fsp3) is 0.500. The first-order valence-electron chi connectivity index (χ1n) is 5.57. The van der Waals surface area contributed by atoms with Crippen LogP contribution in [0, 0.1) is 0 Å². The van der Waals surface area contributed by atoms with Gasteiger partial charge in [0.25, 0.3) is 5.91 Å². The van der Waals surface area contributed by atoms with Gasteiger partial charge in [0.2, 0.25) is 0 Å². The maximum atomic E-state index is 11.9. The molecule has 0 aliphatic carbocycles. The molecule has 0 saturated carbocycles. The van der Waals surface area contributed by atoms with Gasteiger partial charge in [-0.2, -0.15) is 0 Å². The summed E-state index contributed by atoms with van der Waals surface area (Å²) in [7, 11) is 1.63. The fourth-order valence-electron chi connectivity index (χ4n) is 1.55. The van der Waals surface area contributed by atoms with Crippen LogP contribution < -0.4 is 5.32 Å². The topological polar surface area (TPSA) is 51.2 Å². The van der Waals surface area contributed by atoms with Crippen molar-refractivity contribution < 1.29 is 9.53 Å². The number of methoxy groups -OCH3 is 1. The molecule has 1 aromatic rings. The lowest BCUT2D eigenvalue weighted by Gasteiger charge is -2.17. The minimum absolute atomic E-state index is 0.0523. The van der Waals surface area contributed by atoms with Gasteiger partial charge in [-0.25, -0.2) is 0 Å². The number of hydrogen-bond donors (Lipinski definition) is 1. The van der Waals surface area contributed by atoms with E-state index in [1.807, 2.05) is 0 Å². The summed E-state index contributed by atoms with van der Waals surface area (Å²) in [5, 5.41) is 2.94. The molecule has 0 aromatic carbocycles. The molecule has 5 heteroatoms. The molecule has 1 unspecified atom stereocenters. The smallest absolute Gasteiger partial charge is 0.253 e. The minimum atomic E-state index is -0.116. The average molecular weight is 301 g/mol. The maximum absolute atomic E-state index is 11.9. The molecule has 0 saturated heterocycles. The number of hydrogen-bond acceptors (Lipinski definition) is 3. The van der Waals surface area contributed by atoms with E-state index in [1.165, 1.54) is 0 Å². The predicted octanol–water partition coefficient (Wildman–Crippen LogP) is 2.39. The molecular formula is C12H17BrN2O2. The number of aromatic nitrogens is 1. The van der Waals surface area contributed by atoms with Gasteiger partial charge in [0.05, 0.1) is 18.2 Å². The Morgan fingerprint density at radius 3 is 2.94 bits per heavy atom. The van der Waals surface area contributed by atoms with E-state index in [0.717, 1.165) is 17.3 Å². The highest BCUT2D eigenvalue weighted by Gasteiger charge is 2.13. The van der Waals surface area contributed by atoms with Gasteiger partial charge in [-0.15, -0.1) is 0 Å². The van der Waals surface area contributed by atoms with Gasteiger partial charge in [-0.05, 0) is 28.4 Å². The molecule has 0 fully saturated rings. The Morgan fingerprint density at radius 1 is 1.59 bits per heavy atom. The monoisotopic (exact) mass is 300 g/mol. The van der Waals surface area contributed by atoms with Crippen molar-refractivity contribution in [3.05, 3.63) is 28.5 Å². The molecule has 1 amide bonds. The number of ether oxygens (including phenoxy) is 1. The largest absolute Gasteiger partial charge is 0.383 e. The van der Waals surface area contributed by atoms with Crippen molar-refractivity contribution in [3.8, 4) is 0 Å². The SMILES string of the molecule is CCCC(COC)NC(=O)c1cncc(Br)c1. The van der Waals surface area contributed by atoms with Crippen LogP contribution in [0.25, 0.3) is 0 Å². The van der Waals surface area contributed by atoms with E-state index in [4.69, 9.17) is 4.74 Å². The van der Waals surface area contributed by atoms with E-state index < -0.39 is 0 Å². The van der Waals surface area contributed by atoms with Crippen molar-refractivity contribution in [1.82, 2.24) is 10.3 Å². The second-order valence-corrected chi connectivity index (χ2v) is 4.72. The number of pyridine rings is 1. The zero-order valence-electron chi connectivity index (χ0n) is 10.1. The zero-order valence-corrected chi connectivity index (χ0v) is 11.7. The normalized spacial score (nSPS) is 12.2. The number of carbonyl (C=O) groups is 1. The third kappa shape index (κ3) is 4.83. The van der Waals surface area contributed by atoms with Crippen LogP contribution in [0.2, 0.25) is 0 Å². The van der Waals surface area contributed by atoms with Gasteiger partial charge < -0.3 is 10.1 Å². The number of nitrogens with one attached hydrogen (secondary N) is 1. The summed E-state index contributed by atoms with van der Waals surface area (Å²) < 4.78 is 5.87. The van der Waals surface area contributed by atoms with Crippen LogP contribution in [0.15, 0.2) is 22.9 Å². The molecule has 4 nitrogen and oxygen atoms in total. The second kappa shape index (κ2) is 7.40. The van der Waals surface area contributed by atoms with Crippen LogP contribution in [0.1, 0.15) is 30.1 Å². The first-order chi connectivity index (χ1) is 8.17. The van der Waals surface area contributed by atoms with Gasteiger partial charge in [-0.3, -0.25) is 9.78 Å². The van der Waals surface area contributed by atoms with Gasteiger partial charge in [0.1, 0.15) is 0 Å². The summed E-state index contributed by atoms with van der Waals surface area (Å²) in [6, 6.07) is 1.80. The van der Waals surface area contributed by atoms with Crippen LogP contribution in [0.4, 0.5) is 0 Å². The third-order valence-electron chi connectivity index (χ3n) is 2.31. The molecule has 0 aliphatic heterocycles. The Hall–Kier alpha value is -0.940. The molecule has 17 heavy (non-hydrogen) atoms. The predicted molar refractivity (Wildman–Crippen MR) is 70.0 cm³/mol. The number of carbonyl (C=O) groups excluding carboxylic acids is 1. The van der Waals surface area contributed by atoms with Crippen LogP contribution in [0.3, 0.4) is 0 Å². The van der Waals surface area contributed by atoms with Crippen molar-refractivity contribution >= 4 is 21.8 Å². The van der Waals surface area contributed by atoms with Crippen molar-refractivity contribution in [3.63, 3.8) is 0 Å². The summed E-state index contributed by atoms with van der Waals surface area (Å²) in [5.41, 5.74) is 0.552. The standard InChI is InChI=1S/C12H17BrN2O2/c1-3-4-11(8-17-2)15-12(16)9-5-10(13)7-14-6-9/h5-7,11H,3-4,8H2,1-2H3,(H,15,16). The van der Waals surface area contributed by atoms with Crippen LogP contribution in [0.5, 0.6) is 0 Å². The number of amides is 1. The second-order valence-electron chi connectivity index (χ2n) is 3.81. The van der Waals surface area contributed by atoms with Crippen LogP contribution in [-0.2, 0) is 4.74 Å². The van der Waals surface area contributed by atoms with E-state index in [2.05, 4.69) is 33.2 Å². The Bertz CT molecular complexity index is 365. The number of rotatable bonds is 6. The molecule has 1 N–H and O–H groups in total. The van der Waals surface area contributed by atoms with E-state index in [-0.39, 0.29) is 11.9 Å². The summed E-state index contributed by atoms with van der Waals surface area (Å²) in [4.78, 5) is 15.9. The molecule has 0 spiro atoms. The maximum Gasteiger partial charge on any atom is 0.253 e. The molecule has 1 rings (SSSR count). The van der Waals surface area contributed by atoms with Gasteiger partial charge >= 0.3 is 0 Å². The summed E-state index contributed by atoms with van der Waals surface area (Å²) in [6.45, 7) is 2.61. The van der Waals surface area contributed by atoms with Crippen LogP contribution >= 0.6 is 15.9 Å². The molecule has 0 radical (unpaired) electrons. The Morgan fingerprint density at radius 2 is 2.35 bits per heavy atom. The first kappa shape index (κ1) is 14.1. The highest BCUT2D eigenvalue weighted by Crippen LogP contribution is 2.10. The van der Waals surface area contributed by atoms with Crippen LogP contribution in [-0.4, -0.2) is 30.6 Å². The number of nitrogens with zero attached hydrogens (tertiary/aromatic N) is 1. The lowest BCUT2D eigenvalue weighted by molar-refractivity contribution is 0.0891. The van der Waals surface area contributed by atoms with Gasteiger partial charge in [0.15, 0.2) is 0 Å². The fourth-order valence-corrected chi connectivity index (χ4v) is 1.92. The molecule has 0 bridgehead atoms. The zero-order chi connectivity index (χ0) is 12.7. The molecule has 1 aromatic heterocycles. The van der Waals surface area contributed by atoms with E-state index in [9.17, 15) is 4.79 Å². The quantitative estimate of drug-likeness (QED) is 0.877. The molecule has 1 atom stereocenters. The summed E-state index contributed by atoms with van der Waals surface area (Å²) in [5.74, 6) is -0.116. The highest BCUT2D eigenvalue weighted by atomic mass is 79.9. The lowest BCUT2D eigenvalue weighted by Crippen LogP contribution is -2.37. The van der Waals surface area contributed by atoms with E-state index >= 15 is 0 Å². The minimum Gasteiger partial charge on any atom is -0.383 e. The lowest BCUT2D eigenvalue weighted by atomic mass is 10.1. The van der Waals surface area contributed by atoms with E-state index in [1.54, 1.807) is 25.6 Å². The highest BCUT2D eigenvalue weighted by molar-refractivity contribution is 9.10. The van der Waals surface area contributed by atoms with E-state index in [0.29, 0.717) is 12.2 Å². The van der Waals surface area contributed by atoms with Crippen molar-refractivity contribution in [1.29, 1.82) is 0 Å². The first-order valence-corrected chi connectivity index (χ1v) is 6.37. The number of halogens is 1. The van der Waals surface area contributed by atoms with Gasteiger partial charge in [0, 0.05) is 24.0 Å². The summed E-state index contributed by atoms with van der Waals surface area (Å²) >= 11 is 3.29. The third-order valence-corrected chi connectivity index (χ3v) is 2.74. The van der Waals surface area contributed by atoms with Crippen molar-refractivity contribution in [2.24, 2.45) is 0 Å². The Kier molecular flexibility index (Phi) is 6.15. The molecule has 1 heterocycles. The molecular weight excluding hydrogens is 284 g/mol. The summed E-state index contributed by atoms with van der Waals surface area (Å²) in [6.07, 6.45) is 5.11. The van der Waals surface area contributed by atoms with Crippen molar-refractivity contribution in [2.45, 2.75) is 25.8 Å². The average Bonchev–Trinajstić information content (AvgIpc) is 2.29. The molecule has 94 valence electrons. The Labute approximate surface area is 110 Å². The van der Waals surface area contributed by atoms with Crippen molar-refractivity contribution in [2.75, 3.05) is 13.7 Å².